The Hall–Kier alpha value is -3.13. The lowest BCUT2D eigenvalue weighted by Crippen LogP contribution is -2.50. The van der Waals surface area contributed by atoms with Crippen molar-refractivity contribution in [3.63, 3.8) is 0 Å². The van der Waals surface area contributed by atoms with Crippen LogP contribution in [0, 0.1) is 5.92 Å². The van der Waals surface area contributed by atoms with Gasteiger partial charge in [0.2, 0.25) is 5.91 Å². The van der Waals surface area contributed by atoms with Crippen LogP contribution in [0.25, 0.3) is 11.1 Å². The third-order valence-corrected chi connectivity index (χ3v) is 6.39. The summed E-state index contributed by atoms with van der Waals surface area (Å²) in [6.45, 7) is 2.37. The van der Waals surface area contributed by atoms with Crippen LogP contribution in [0.5, 0.6) is 0 Å². The molecule has 0 unspecified atom stereocenters. The summed E-state index contributed by atoms with van der Waals surface area (Å²) in [5.74, 6) is -0.240. The van der Waals surface area contributed by atoms with Gasteiger partial charge in [0.1, 0.15) is 6.54 Å². The predicted molar refractivity (Wildman–Crippen MR) is 116 cm³/mol. The highest BCUT2D eigenvalue weighted by molar-refractivity contribution is 5.79. The molecule has 2 bridgehead atoms. The summed E-state index contributed by atoms with van der Waals surface area (Å²) in [6.07, 6.45) is 0.977. The number of likely N-dealkylation sites (tertiary alicyclic amines) is 1. The molecule has 162 valence electrons. The number of nitrogens with zero attached hydrogens (tertiary/aromatic N) is 4. The molecule has 2 aliphatic heterocycles. The van der Waals surface area contributed by atoms with Crippen molar-refractivity contribution < 1.29 is 9.21 Å². The number of carbonyl (C=O) groups excluding carboxylic acids is 1. The Kier molecular flexibility index (Phi) is 4.81. The number of benzene rings is 1. The normalized spacial score (nSPS) is 20.3. The molecule has 3 aromatic rings. The molecule has 2 aliphatic rings. The highest BCUT2D eigenvalue weighted by atomic mass is 16.4. The molecule has 1 aromatic carbocycles. The molecular formula is C23H26N4O4. The van der Waals surface area contributed by atoms with Crippen molar-refractivity contribution in [2.24, 2.45) is 5.92 Å². The molecule has 8 nitrogen and oxygen atoms in total. The highest BCUT2D eigenvalue weighted by Crippen LogP contribution is 2.35. The lowest BCUT2D eigenvalue weighted by Gasteiger charge is -2.43. The van der Waals surface area contributed by atoms with Gasteiger partial charge in [-0.2, -0.15) is 0 Å². The van der Waals surface area contributed by atoms with E-state index in [0.29, 0.717) is 37.3 Å². The van der Waals surface area contributed by atoms with Crippen LogP contribution in [0.15, 0.2) is 50.4 Å². The van der Waals surface area contributed by atoms with E-state index in [1.807, 2.05) is 46.7 Å². The average molecular weight is 422 g/mol. The summed E-state index contributed by atoms with van der Waals surface area (Å²) >= 11 is 0. The molecule has 0 aliphatic carbocycles. The van der Waals surface area contributed by atoms with Gasteiger partial charge in [-0.1, -0.05) is 18.2 Å². The number of pyridine rings is 1. The second-order valence-electron chi connectivity index (χ2n) is 8.96. The number of hydrogen-bond donors (Lipinski definition) is 0. The molecule has 5 rings (SSSR count). The van der Waals surface area contributed by atoms with E-state index in [1.165, 1.54) is 4.57 Å². The Bertz CT molecular complexity index is 1270. The number of amides is 1. The number of para-hydroxylation sites is 2. The fraction of sp³-hybridized carbons (Fsp3) is 0.435. The molecule has 1 amide bonds. The lowest BCUT2D eigenvalue weighted by atomic mass is 9.83. The third-order valence-electron chi connectivity index (χ3n) is 6.39. The highest BCUT2D eigenvalue weighted by Gasteiger charge is 2.36. The largest absolute Gasteiger partial charge is 0.420 e. The number of rotatable bonds is 4. The number of oxazole rings is 1. The van der Waals surface area contributed by atoms with E-state index >= 15 is 0 Å². The van der Waals surface area contributed by atoms with Crippen molar-refractivity contribution in [3.05, 3.63) is 68.6 Å². The lowest BCUT2D eigenvalue weighted by molar-refractivity contribution is -0.134. The van der Waals surface area contributed by atoms with Gasteiger partial charge >= 0.3 is 5.76 Å². The molecule has 1 saturated heterocycles. The zero-order valence-corrected chi connectivity index (χ0v) is 17.8. The van der Waals surface area contributed by atoms with Gasteiger partial charge in [0, 0.05) is 43.4 Å². The molecule has 0 radical (unpaired) electrons. The van der Waals surface area contributed by atoms with Crippen LogP contribution >= 0.6 is 0 Å². The fourth-order valence-corrected chi connectivity index (χ4v) is 5.05. The first-order valence-electron chi connectivity index (χ1n) is 10.6. The summed E-state index contributed by atoms with van der Waals surface area (Å²) in [7, 11) is 3.91. The van der Waals surface area contributed by atoms with E-state index in [9.17, 15) is 14.4 Å². The molecule has 31 heavy (non-hydrogen) atoms. The van der Waals surface area contributed by atoms with Gasteiger partial charge in [-0.05, 0) is 44.6 Å². The summed E-state index contributed by atoms with van der Waals surface area (Å²) in [5, 5.41) is 0. The van der Waals surface area contributed by atoms with Gasteiger partial charge in [0.05, 0.1) is 5.52 Å². The summed E-state index contributed by atoms with van der Waals surface area (Å²) in [5.41, 5.74) is 3.00. The second kappa shape index (κ2) is 7.53. The van der Waals surface area contributed by atoms with Crippen LogP contribution in [0.4, 0.5) is 0 Å². The molecule has 0 saturated carbocycles. The second-order valence-corrected chi connectivity index (χ2v) is 8.96. The van der Waals surface area contributed by atoms with Gasteiger partial charge in [-0.15, -0.1) is 0 Å². The Morgan fingerprint density at radius 3 is 2.71 bits per heavy atom. The Labute approximate surface area is 179 Å². The first-order chi connectivity index (χ1) is 14.9. The molecule has 2 aromatic heterocycles. The number of piperidine rings is 1. The number of fused-ring (bicyclic) bond motifs is 5. The van der Waals surface area contributed by atoms with E-state index in [0.717, 1.165) is 17.7 Å². The van der Waals surface area contributed by atoms with Crippen LogP contribution in [0.2, 0.25) is 0 Å². The Morgan fingerprint density at radius 1 is 1.10 bits per heavy atom. The van der Waals surface area contributed by atoms with Crippen molar-refractivity contribution in [1.82, 2.24) is 18.9 Å². The monoisotopic (exact) mass is 422 g/mol. The van der Waals surface area contributed by atoms with Crippen LogP contribution < -0.4 is 11.3 Å². The van der Waals surface area contributed by atoms with Crippen molar-refractivity contribution in [2.75, 3.05) is 27.2 Å². The van der Waals surface area contributed by atoms with Crippen molar-refractivity contribution in [2.45, 2.75) is 32.0 Å². The number of carbonyl (C=O) groups is 1. The summed E-state index contributed by atoms with van der Waals surface area (Å²) in [4.78, 5) is 42.2. The maximum absolute atomic E-state index is 13.1. The minimum absolute atomic E-state index is 0.0378. The average Bonchev–Trinajstić information content (AvgIpc) is 3.05. The molecular weight excluding hydrogens is 396 g/mol. The predicted octanol–water partition coefficient (Wildman–Crippen LogP) is 1.46. The van der Waals surface area contributed by atoms with Crippen LogP contribution in [-0.2, 0) is 24.4 Å². The first-order valence-corrected chi connectivity index (χ1v) is 10.6. The topological polar surface area (TPSA) is 80.7 Å². The van der Waals surface area contributed by atoms with Gasteiger partial charge in [-0.3, -0.25) is 14.2 Å². The summed E-state index contributed by atoms with van der Waals surface area (Å²) < 4.78 is 8.56. The molecule has 0 N–H and O–H groups in total. The molecule has 2 atom stereocenters. The van der Waals surface area contributed by atoms with E-state index < -0.39 is 5.76 Å². The quantitative estimate of drug-likeness (QED) is 0.636. The Balaban J connectivity index is 1.38. The summed E-state index contributed by atoms with van der Waals surface area (Å²) in [6, 6.07) is 11.1. The fourth-order valence-electron chi connectivity index (χ4n) is 5.05. The number of aromatic nitrogens is 2. The van der Waals surface area contributed by atoms with Crippen LogP contribution in [-0.4, -0.2) is 52.0 Å². The van der Waals surface area contributed by atoms with Gasteiger partial charge in [-0.25, -0.2) is 4.79 Å². The van der Waals surface area contributed by atoms with E-state index in [4.69, 9.17) is 4.42 Å². The maximum Gasteiger partial charge on any atom is 0.420 e. The first kappa shape index (κ1) is 19.8. The molecule has 1 fully saturated rings. The Morgan fingerprint density at radius 2 is 1.90 bits per heavy atom. The standard InChI is InChI=1S/C23H26N4O4/c1-24(2)12-16-7-8-18-17-9-15(11-26(18)22(16)29)10-25(13-17)21(28)14-27-19-5-3-4-6-20(19)31-23(27)30/h3-8,15,17H,9-14H2,1-2H3/t15-,17+/m0/s1. The van der Waals surface area contributed by atoms with E-state index in [-0.39, 0.29) is 29.8 Å². The minimum atomic E-state index is -0.517. The van der Waals surface area contributed by atoms with Crippen molar-refractivity contribution >= 4 is 17.0 Å². The van der Waals surface area contributed by atoms with E-state index in [1.54, 1.807) is 18.2 Å². The van der Waals surface area contributed by atoms with Crippen LogP contribution in [0.3, 0.4) is 0 Å². The van der Waals surface area contributed by atoms with Gasteiger partial charge < -0.3 is 18.8 Å². The molecule has 4 heterocycles. The van der Waals surface area contributed by atoms with E-state index in [2.05, 4.69) is 0 Å². The molecule has 8 heteroatoms. The van der Waals surface area contributed by atoms with Crippen molar-refractivity contribution in [3.8, 4) is 0 Å². The maximum atomic E-state index is 13.1. The minimum Gasteiger partial charge on any atom is -0.408 e. The third kappa shape index (κ3) is 3.50. The van der Waals surface area contributed by atoms with Gasteiger partial charge in [0.15, 0.2) is 5.58 Å². The SMILES string of the molecule is CN(C)Cc1ccc2n(c1=O)C[C@H]1C[C@@H]2CN(C(=O)Cn2c(=O)oc3ccccc32)C1. The zero-order valence-electron chi connectivity index (χ0n) is 17.8. The van der Waals surface area contributed by atoms with Crippen molar-refractivity contribution in [1.29, 1.82) is 0 Å². The number of hydrogen-bond acceptors (Lipinski definition) is 5. The molecule has 0 spiro atoms. The van der Waals surface area contributed by atoms with Gasteiger partial charge in [0.25, 0.3) is 5.56 Å². The smallest absolute Gasteiger partial charge is 0.408 e. The zero-order chi connectivity index (χ0) is 21.7. The van der Waals surface area contributed by atoms with Crippen LogP contribution in [0.1, 0.15) is 23.6 Å².